The highest BCUT2D eigenvalue weighted by molar-refractivity contribution is 7.92. The minimum atomic E-state index is -3.31. The lowest BCUT2D eigenvalue weighted by Gasteiger charge is -2.16. The summed E-state index contributed by atoms with van der Waals surface area (Å²) in [5.74, 6) is -0.111. The molecule has 2 aromatic carbocycles. The first-order chi connectivity index (χ1) is 12.3. The summed E-state index contributed by atoms with van der Waals surface area (Å²) in [7, 11) is -1.80. The number of anilines is 1. The van der Waals surface area contributed by atoms with Crippen LogP contribution in [0.5, 0.6) is 0 Å². The third kappa shape index (κ3) is 4.23. The van der Waals surface area contributed by atoms with Gasteiger partial charge in [-0.05, 0) is 41.6 Å². The van der Waals surface area contributed by atoms with E-state index in [-0.39, 0.29) is 5.91 Å². The topological polar surface area (TPSA) is 66.5 Å². The first-order valence-corrected chi connectivity index (χ1v) is 10.8. The van der Waals surface area contributed by atoms with Crippen molar-refractivity contribution in [2.24, 2.45) is 0 Å². The van der Waals surface area contributed by atoms with Gasteiger partial charge in [-0.25, -0.2) is 8.42 Å². The van der Waals surface area contributed by atoms with Gasteiger partial charge >= 0.3 is 0 Å². The van der Waals surface area contributed by atoms with E-state index in [1.807, 2.05) is 36.4 Å². The summed E-state index contributed by atoms with van der Waals surface area (Å²) in [6.07, 6.45) is 1.94. The molecule has 0 saturated carbocycles. The van der Waals surface area contributed by atoms with E-state index >= 15 is 0 Å². The van der Waals surface area contributed by atoms with Gasteiger partial charge in [-0.3, -0.25) is 9.10 Å². The third-order valence-electron chi connectivity index (χ3n) is 4.13. The highest BCUT2D eigenvalue weighted by atomic mass is 32.2. The minimum Gasteiger partial charge on any atom is -0.351 e. The maximum Gasteiger partial charge on any atom is 0.261 e. The molecule has 0 radical (unpaired) electrons. The van der Waals surface area contributed by atoms with Crippen molar-refractivity contribution in [3.8, 4) is 0 Å². The van der Waals surface area contributed by atoms with Crippen LogP contribution in [0.1, 0.15) is 15.2 Å². The zero-order chi connectivity index (χ0) is 18.7. The van der Waals surface area contributed by atoms with Gasteiger partial charge in [0, 0.05) is 18.3 Å². The Labute approximate surface area is 157 Å². The predicted molar refractivity (Wildman–Crippen MR) is 108 cm³/mol. The molecule has 26 heavy (non-hydrogen) atoms. The minimum absolute atomic E-state index is 0.111. The number of fused-ring (bicyclic) bond motifs is 1. The molecule has 5 nitrogen and oxygen atoms in total. The SMILES string of the molecule is CN(c1ccc2sc(C(=O)NCCc3ccccc3)cc2c1)S(C)(=O)=O. The van der Waals surface area contributed by atoms with Crippen molar-refractivity contribution in [3.05, 3.63) is 65.0 Å². The highest BCUT2D eigenvalue weighted by Gasteiger charge is 2.14. The molecule has 7 heteroatoms. The lowest BCUT2D eigenvalue weighted by atomic mass is 10.1. The van der Waals surface area contributed by atoms with Gasteiger partial charge < -0.3 is 5.32 Å². The van der Waals surface area contributed by atoms with Crippen molar-refractivity contribution in [1.29, 1.82) is 0 Å². The Morgan fingerprint density at radius 3 is 2.54 bits per heavy atom. The first kappa shape index (κ1) is 18.4. The Balaban J connectivity index is 1.71. The fraction of sp³-hybridized carbons (Fsp3) is 0.211. The first-order valence-electron chi connectivity index (χ1n) is 8.14. The molecule has 1 heterocycles. The van der Waals surface area contributed by atoms with Crippen LogP contribution in [0.2, 0.25) is 0 Å². The van der Waals surface area contributed by atoms with E-state index in [4.69, 9.17) is 0 Å². The number of nitrogens with zero attached hydrogens (tertiary/aromatic N) is 1. The molecule has 0 aliphatic carbocycles. The molecule has 1 aromatic heterocycles. The predicted octanol–water partition coefficient (Wildman–Crippen LogP) is 3.27. The second kappa shape index (κ2) is 7.47. The lowest BCUT2D eigenvalue weighted by molar-refractivity contribution is 0.0958. The molecule has 0 aliphatic heterocycles. The monoisotopic (exact) mass is 388 g/mol. The number of carbonyl (C=O) groups is 1. The summed E-state index contributed by atoms with van der Waals surface area (Å²) < 4.78 is 25.5. The molecule has 0 unspecified atom stereocenters. The van der Waals surface area contributed by atoms with Crippen LogP contribution in [0.4, 0.5) is 5.69 Å². The summed E-state index contributed by atoms with van der Waals surface area (Å²) in [6, 6.07) is 17.2. The molecule has 0 spiro atoms. The van der Waals surface area contributed by atoms with Gasteiger partial charge in [-0.15, -0.1) is 11.3 Å². The molecule has 1 N–H and O–H groups in total. The van der Waals surface area contributed by atoms with Gasteiger partial charge in [-0.1, -0.05) is 30.3 Å². The average Bonchev–Trinajstić information content (AvgIpc) is 3.04. The molecule has 0 aliphatic rings. The molecule has 0 atom stereocenters. The number of thiophene rings is 1. The number of sulfonamides is 1. The van der Waals surface area contributed by atoms with E-state index in [1.54, 1.807) is 18.2 Å². The summed E-state index contributed by atoms with van der Waals surface area (Å²) in [5.41, 5.74) is 1.76. The lowest BCUT2D eigenvalue weighted by Crippen LogP contribution is -2.24. The fourth-order valence-electron chi connectivity index (χ4n) is 2.58. The van der Waals surface area contributed by atoms with Crippen LogP contribution in [0, 0.1) is 0 Å². The molecule has 0 fully saturated rings. The maximum atomic E-state index is 12.4. The second-order valence-corrected chi connectivity index (χ2v) is 9.15. The molecule has 136 valence electrons. The van der Waals surface area contributed by atoms with Crippen molar-refractivity contribution in [1.82, 2.24) is 5.32 Å². The van der Waals surface area contributed by atoms with Gasteiger partial charge in [0.25, 0.3) is 5.91 Å². The highest BCUT2D eigenvalue weighted by Crippen LogP contribution is 2.29. The normalized spacial score (nSPS) is 11.5. The molecular weight excluding hydrogens is 368 g/mol. The number of hydrogen-bond acceptors (Lipinski definition) is 4. The van der Waals surface area contributed by atoms with E-state index in [9.17, 15) is 13.2 Å². The fourth-order valence-corrected chi connectivity index (χ4v) is 4.04. The average molecular weight is 389 g/mol. The van der Waals surface area contributed by atoms with Crippen LogP contribution in [0.25, 0.3) is 10.1 Å². The van der Waals surface area contributed by atoms with Crippen LogP contribution >= 0.6 is 11.3 Å². The van der Waals surface area contributed by atoms with Crippen molar-refractivity contribution in [3.63, 3.8) is 0 Å². The zero-order valence-electron chi connectivity index (χ0n) is 14.6. The van der Waals surface area contributed by atoms with Crippen molar-refractivity contribution in [2.45, 2.75) is 6.42 Å². The molecule has 3 aromatic rings. The van der Waals surface area contributed by atoms with Crippen LogP contribution < -0.4 is 9.62 Å². The Kier molecular flexibility index (Phi) is 5.29. The van der Waals surface area contributed by atoms with Gasteiger partial charge in [0.2, 0.25) is 10.0 Å². The Morgan fingerprint density at radius 1 is 1.12 bits per heavy atom. The quantitative estimate of drug-likeness (QED) is 0.705. The number of hydrogen-bond donors (Lipinski definition) is 1. The third-order valence-corrected chi connectivity index (χ3v) is 6.45. The Hall–Kier alpha value is -2.38. The maximum absolute atomic E-state index is 12.4. The van der Waals surface area contributed by atoms with E-state index in [0.717, 1.165) is 22.8 Å². The molecular formula is C19H20N2O3S2. The van der Waals surface area contributed by atoms with Crippen LogP contribution in [0.15, 0.2) is 54.6 Å². The van der Waals surface area contributed by atoms with Crippen LogP contribution in [-0.4, -0.2) is 34.2 Å². The molecule has 0 saturated heterocycles. The number of benzene rings is 2. The summed E-state index contributed by atoms with van der Waals surface area (Å²) in [5, 5.41) is 3.79. The summed E-state index contributed by atoms with van der Waals surface area (Å²) >= 11 is 1.40. The smallest absolute Gasteiger partial charge is 0.261 e. The van der Waals surface area contributed by atoms with Crippen molar-refractivity contribution < 1.29 is 13.2 Å². The second-order valence-electron chi connectivity index (χ2n) is 6.05. The van der Waals surface area contributed by atoms with Crippen LogP contribution in [-0.2, 0) is 16.4 Å². The number of amides is 1. The Bertz CT molecular complexity index is 1030. The largest absolute Gasteiger partial charge is 0.351 e. The summed E-state index contributed by atoms with van der Waals surface area (Å²) in [6.45, 7) is 0.569. The molecule has 3 rings (SSSR count). The summed E-state index contributed by atoms with van der Waals surface area (Å²) in [4.78, 5) is 13.0. The molecule has 0 bridgehead atoms. The number of carbonyl (C=O) groups excluding carboxylic acids is 1. The molecule has 1 amide bonds. The standard InChI is InChI=1S/C19H20N2O3S2/c1-21(26(2,23)24)16-8-9-17-15(12-16)13-18(25-17)19(22)20-11-10-14-6-4-3-5-7-14/h3-9,12-13H,10-11H2,1-2H3,(H,20,22). The van der Waals surface area contributed by atoms with E-state index in [2.05, 4.69) is 5.32 Å². The van der Waals surface area contributed by atoms with Gasteiger partial charge in [0.1, 0.15) is 0 Å². The van der Waals surface area contributed by atoms with E-state index in [1.165, 1.54) is 28.3 Å². The van der Waals surface area contributed by atoms with Gasteiger partial charge in [-0.2, -0.15) is 0 Å². The number of nitrogens with one attached hydrogen (secondary N) is 1. The van der Waals surface area contributed by atoms with E-state index < -0.39 is 10.0 Å². The van der Waals surface area contributed by atoms with Crippen molar-refractivity contribution in [2.75, 3.05) is 24.2 Å². The van der Waals surface area contributed by atoms with E-state index in [0.29, 0.717) is 17.1 Å². The number of rotatable bonds is 6. The van der Waals surface area contributed by atoms with Crippen molar-refractivity contribution >= 4 is 43.0 Å². The Morgan fingerprint density at radius 2 is 1.85 bits per heavy atom. The zero-order valence-corrected chi connectivity index (χ0v) is 16.2. The van der Waals surface area contributed by atoms with Gasteiger partial charge in [0.05, 0.1) is 16.8 Å². The van der Waals surface area contributed by atoms with Crippen LogP contribution in [0.3, 0.4) is 0 Å². The van der Waals surface area contributed by atoms with Gasteiger partial charge in [0.15, 0.2) is 0 Å².